The summed E-state index contributed by atoms with van der Waals surface area (Å²) in [5, 5.41) is 6.97. The summed E-state index contributed by atoms with van der Waals surface area (Å²) in [5.74, 6) is 0. The second-order valence-electron chi connectivity index (χ2n) is 5.36. The van der Waals surface area contributed by atoms with Gasteiger partial charge in [-0.15, -0.1) is 11.3 Å². The average Bonchev–Trinajstić information content (AvgIpc) is 2.90. The number of aromatic nitrogens is 1. The fraction of sp³-hybridized carbons (Fsp3) is 0.438. The molecule has 1 aliphatic heterocycles. The van der Waals surface area contributed by atoms with Crippen molar-refractivity contribution in [3.63, 3.8) is 0 Å². The van der Waals surface area contributed by atoms with Gasteiger partial charge in [-0.2, -0.15) is 0 Å². The zero-order valence-electron chi connectivity index (χ0n) is 12.1. The Balaban J connectivity index is 1.82. The van der Waals surface area contributed by atoms with Gasteiger partial charge in [0.1, 0.15) is 0 Å². The monoisotopic (exact) mass is 287 g/mol. The van der Waals surface area contributed by atoms with Crippen molar-refractivity contribution in [1.82, 2.24) is 4.98 Å². The molecule has 20 heavy (non-hydrogen) atoms. The van der Waals surface area contributed by atoms with E-state index < -0.39 is 0 Å². The van der Waals surface area contributed by atoms with E-state index in [0.29, 0.717) is 6.04 Å². The van der Waals surface area contributed by atoms with Crippen LogP contribution in [0.2, 0.25) is 0 Å². The molecular formula is C16H21N3S. The highest BCUT2D eigenvalue weighted by Gasteiger charge is 2.23. The molecule has 1 N–H and O–H groups in total. The summed E-state index contributed by atoms with van der Waals surface area (Å²) < 4.78 is 0. The third kappa shape index (κ3) is 2.66. The van der Waals surface area contributed by atoms with Crippen molar-refractivity contribution in [2.45, 2.75) is 39.3 Å². The first-order chi connectivity index (χ1) is 9.78. The second kappa shape index (κ2) is 5.83. The smallest absolute Gasteiger partial charge is 0.0928 e. The summed E-state index contributed by atoms with van der Waals surface area (Å²) in [6.07, 6.45) is 2.26. The van der Waals surface area contributed by atoms with Crippen LogP contribution in [0.1, 0.15) is 31.0 Å². The van der Waals surface area contributed by atoms with Crippen LogP contribution >= 0.6 is 11.3 Å². The fourth-order valence-corrected chi connectivity index (χ4v) is 3.54. The Morgan fingerprint density at radius 2 is 2.25 bits per heavy atom. The third-order valence-electron chi connectivity index (χ3n) is 3.73. The molecule has 0 spiro atoms. The summed E-state index contributed by atoms with van der Waals surface area (Å²) in [6, 6.07) is 9.02. The van der Waals surface area contributed by atoms with Crippen molar-refractivity contribution in [2.24, 2.45) is 0 Å². The van der Waals surface area contributed by atoms with Crippen LogP contribution in [0.4, 0.5) is 11.4 Å². The number of nitrogens with one attached hydrogen (secondary N) is 1. The van der Waals surface area contributed by atoms with E-state index in [9.17, 15) is 0 Å². The van der Waals surface area contributed by atoms with Gasteiger partial charge in [0.25, 0.3) is 0 Å². The van der Waals surface area contributed by atoms with E-state index in [-0.39, 0.29) is 0 Å². The van der Waals surface area contributed by atoms with E-state index in [4.69, 9.17) is 4.98 Å². The predicted molar refractivity (Wildman–Crippen MR) is 86.7 cm³/mol. The zero-order chi connectivity index (χ0) is 13.9. The van der Waals surface area contributed by atoms with Gasteiger partial charge in [0.2, 0.25) is 0 Å². The van der Waals surface area contributed by atoms with Gasteiger partial charge >= 0.3 is 0 Å². The Bertz CT molecular complexity index is 579. The molecule has 106 valence electrons. The minimum absolute atomic E-state index is 0.487. The number of aryl methyl sites for hydroxylation is 1. The van der Waals surface area contributed by atoms with Gasteiger partial charge in [0.05, 0.1) is 28.6 Å². The van der Waals surface area contributed by atoms with Crippen molar-refractivity contribution in [2.75, 3.05) is 16.8 Å². The molecule has 3 nitrogen and oxygen atoms in total. The Kier molecular flexibility index (Phi) is 3.92. The molecule has 3 rings (SSSR count). The molecule has 0 fully saturated rings. The molecule has 0 aliphatic carbocycles. The number of nitrogens with zero attached hydrogens (tertiary/aromatic N) is 2. The van der Waals surface area contributed by atoms with Crippen molar-refractivity contribution in [3.05, 3.63) is 40.3 Å². The Morgan fingerprint density at radius 1 is 1.40 bits per heavy atom. The fourth-order valence-electron chi connectivity index (χ4n) is 2.64. The summed E-state index contributed by atoms with van der Waals surface area (Å²) in [5.41, 5.74) is 3.72. The van der Waals surface area contributed by atoms with Crippen molar-refractivity contribution in [1.29, 1.82) is 0 Å². The minimum atomic E-state index is 0.487. The Hall–Kier alpha value is -1.55. The topological polar surface area (TPSA) is 28.2 Å². The molecule has 1 unspecified atom stereocenters. The van der Waals surface area contributed by atoms with Gasteiger partial charge < -0.3 is 10.2 Å². The first-order valence-corrected chi connectivity index (χ1v) is 8.18. The van der Waals surface area contributed by atoms with Gasteiger partial charge in [-0.05, 0) is 31.9 Å². The van der Waals surface area contributed by atoms with Crippen LogP contribution in [0.25, 0.3) is 0 Å². The molecule has 0 amide bonds. The van der Waals surface area contributed by atoms with E-state index >= 15 is 0 Å². The molecule has 2 aromatic rings. The first-order valence-electron chi connectivity index (χ1n) is 7.30. The van der Waals surface area contributed by atoms with Crippen molar-refractivity contribution in [3.8, 4) is 0 Å². The third-order valence-corrected chi connectivity index (χ3v) is 4.69. The number of thiazole rings is 1. The normalized spacial score (nSPS) is 17.7. The largest absolute Gasteiger partial charge is 0.381 e. The highest BCUT2D eigenvalue weighted by Crippen LogP contribution is 2.32. The quantitative estimate of drug-likeness (QED) is 0.924. The first kappa shape index (κ1) is 13.4. The SMILES string of the molecule is CCCc1nc(CN2c3ccccc3NCC2C)cs1. The number of para-hydroxylation sites is 2. The van der Waals surface area contributed by atoms with E-state index in [2.05, 4.69) is 53.7 Å². The van der Waals surface area contributed by atoms with Crippen LogP contribution < -0.4 is 10.2 Å². The molecule has 1 atom stereocenters. The summed E-state index contributed by atoms with van der Waals surface area (Å²) in [7, 11) is 0. The molecule has 1 aliphatic rings. The van der Waals surface area contributed by atoms with Crippen LogP contribution in [0.5, 0.6) is 0 Å². The van der Waals surface area contributed by atoms with E-state index in [1.165, 1.54) is 28.5 Å². The molecule has 4 heteroatoms. The Morgan fingerprint density at radius 3 is 3.10 bits per heavy atom. The number of fused-ring (bicyclic) bond motifs is 1. The van der Waals surface area contributed by atoms with Crippen LogP contribution in [0.15, 0.2) is 29.6 Å². The number of hydrogen-bond donors (Lipinski definition) is 1. The second-order valence-corrected chi connectivity index (χ2v) is 6.30. The summed E-state index contributed by atoms with van der Waals surface area (Å²) in [6.45, 7) is 6.36. The van der Waals surface area contributed by atoms with E-state index in [1.54, 1.807) is 11.3 Å². The maximum atomic E-state index is 4.76. The van der Waals surface area contributed by atoms with Gasteiger partial charge in [-0.3, -0.25) is 0 Å². The van der Waals surface area contributed by atoms with Crippen LogP contribution in [0, 0.1) is 0 Å². The predicted octanol–water partition coefficient (Wildman–Crippen LogP) is 3.92. The maximum Gasteiger partial charge on any atom is 0.0928 e. The van der Waals surface area contributed by atoms with Crippen LogP contribution in [-0.2, 0) is 13.0 Å². The standard InChI is InChI=1S/C16H21N3S/c1-3-6-16-18-13(11-20-16)10-19-12(2)9-17-14-7-4-5-8-15(14)19/h4-5,7-8,11-12,17H,3,6,9-10H2,1-2H3. The average molecular weight is 287 g/mol. The number of rotatable bonds is 4. The highest BCUT2D eigenvalue weighted by molar-refractivity contribution is 7.09. The highest BCUT2D eigenvalue weighted by atomic mass is 32.1. The van der Waals surface area contributed by atoms with Crippen molar-refractivity contribution < 1.29 is 0 Å². The number of hydrogen-bond acceptors (Lipinski definition) is 4. The summed E-state index contributed by atoms with van der Waals surface area (Å²) >= 11 is 1.79. The van der Waals surface area contributed by atoms with Crippen molar-refractivity contribution >= 4 is 22.7 Å². The lowest BCUT2D eigenvalue weighted by atomic mass is 10.1. The lowest BCUT2D eigenvalue weighted by Gasteiger charge is -2.37. The summed E-state index contributed by atoms with van der Waals surface area (Å²) in [4.78, 5) is 7.21. The molecule has 2 heterocycles. The molecule has 1 aromatic carbocycles. The lowest BCUT2D eigenvalue weighted by Crippen LogP contribution is -2.41. The van der Waals surface area contributed by atoms with Gasteiger partial charge in [0.15, 0.2) is 0 Å². The van der Waals surface area contributed by atoms with Crippen LogP contribution in [0.3, 0.4) is 0 Å². The van der Waals surface area contributed by atoms with Gasteiger partial charge in [-0.1, -0.05) is 19.1 Å². The molecule has 1 aromatic heterocycles. The molecule has 0 bridgehead atoms. The Labute approximate surface area is 124 Å². The molecule has 0 saturated heterocycles. The minimum Gasteiger partial charge on any atom is -0.381 e. The van der Waals surface area contributed by atoms with Gasteiger partial charge in [-0.25, -0.2) is 4.98 Å². The molecular weight excluding hydrogens is 266 g/mol. The number of benzene rings is 1. The van der Waals surface area contributed by atoms with Gasteiger partial charge in [0, 0.05) is 18.0 Å². The van der Waals surface area contributed by atoms with E-state index in [1.807, 2.05) is 0 Å². The van der Waals surface area contributed by atoms with E-state index in [0.717, 1.165) is 19.5 Å². The zero-order valence-corrected chi connectivity index (χ0v) is 12.9. The maximum absolute atomic E-state index is 4.76. The lowest BCUT2D eigenvalue weighted by molar-refractivity contribution is 0.635. The molecule has 0 radical (unpaired) electrons. The number of anilines is 2. The van der Waals surface area contributed by atoms with Crippen LogP contribution in [-0.4, -0.2) is 17.6 Å². The molecule has 0 saturated carbocycles.